The average Bonchev–Trinajstić information content (AvgIpc) is 3.51. The first-order chi connectivity index (χ1) is 18.2. The van der Waals surface area contributed by atoms with Gasteiger partial charge in [0.25, 0.3) is 5.91 Å². The lowest BCUT2D eigenvalue weighted by atomic mass is 9.85. The lowest BCUT2D eigenvalue weighted by Crippen LogP contribution is -2.66. The fourth-order valence-electron chi connectivity index (χ4n) is 5.19. The first-order valence-corrected chi connectivity index (χ1v) is 12.1. The summed E-state index contributed by atoms with van der Waals surface area (Å²) in [5, 5.41) is 12.4. The molecule has 2 aromatic heterocycles. The SMILES string of the molecule is COc1cc2c(cc1-c1nnn(C)n1)-c1c(-c3ccc(F)cc3)nc(C(=O)N3CC[C@]3(C)C(N)=O)n1CC2. The van der Waals surface area contributed by atoms with Gasteiger partial charge in [0.05, 0.1) is 31.1 Å². The Morgan fingerprint density at radius 2 is 1.89 bits per heavy atom. The van der Waals surface area contributed by atoms with Gasteiger partial charge < -0.3 is 19.9 Å². The number of halogens is 1. The third-order valence-electron chi connectivity index (χ3n) is 7.50. The molecule has 2 amide bonds. The molecule has 0 unspecified atom stereocenters. The van der Waals surface area contributed by atoms with E-state index >= 15 is 0 Å². The van der Waals surface area contributed by atoms with E-state index in [1.165, 1.54) is 21.8 Å². The number of benzene rings is 2. The van der Waals surface area contributed by atoms with Gasteiger partial charge in [0.15, 0.2) is 5.82 Å². The summed E-state index contributed by atoms with van der Waals surface area (Å²) in [4.78, 5) is 33.5. The second-order valence-corrected chi connectivity index (χ2v) is 9.70. The van der Waals surface area contributed by atoms with E-state index < -0.39 is 11.4 Å². The fourth-order valence-corrected chi connectivity index (χ4v) is 5.19. The van der Waals surface area contributed by atoms with E-state index in [2.05, 4.69) is 15.4 Å². The van der Waals surface area contributed by atoms with E-state index in [1.54, 1.807) is 33.2 Å². The predicted octanol–water partition coefficient (Wildman–Crippen LogP) is 2.20. The number of amides is 2. The molecule has 0 bridgehead atoms. The van der Waals surface area contributed by atoms with Crippen LogP contribution in [-0.2, 0) is 24.8 Å². The first-order valence-electron chi connectivity index (χ1n) is 12.1. The molecule has 0 aliphatic carbocycles. The van der Waals surface area contributed by atoms with Crippen molar-refractivity contribution in [2.24, 2.45) is 12.8 Å². The molecule has 0 radical (unpaired) electrons. The molecule has 4 aromatic rings. The maximum atomic E-state index is 13.8. The van der Waals surface area contributed by atoms with Crippen molar-refractivity contribution in [3.8, 4) is 39.7 Å². The number of aromatic nitrogens is 6. The van der Waals surface area contributed by atoms with Crippen molar-refractivity contribution < 1.29 is 18.7 Å². The second kappa shape index (κ2) is 8.47. The molecule has 38 heavy (non-hydrogen) atoms. The van der Waals surface area contributed by atoms with Crippen LogP contribution in [0, 0.1) is 5.82 Å². The number of rotatable bonds is 5. The van der Waals surface area contributed by atoms with E-state index in [0.717, 1.165) is 11.1 Å². The highest BCUT2D eigenvalue weighted by molar-refractivity contribution is 6.00. The van der Waals surface area contributed by atoms with Crippen LogP contribution in [0.15, 0.2) is 36.4 Å². The van der Waals surface area contributed by atoms with Crippen molar-refractivity contribution in [3.63, 3.8) is 0 Å². The molecule has 2 N–H and O–H groups in total. The topological polar surface area (TPSA) is 134 Å². The zero-order valence-electron chi connectivity index (χ0n) is 21.1. The first kappa shape index (κ1) is 23.8. The van der Waals surface area contributed by atoms with Crippen LogP contribution in [-0.4, -0.2) is 65.7 Å². The summed E-state index contributed by atoms with van der Waals surface area (Å²) in [6.07, 6.45) is 1.10. The van der Waals surface area contributed by atoms with E-state index in [0.29, 0.717) is 60.0 Å². The fraction of sp³-hybridized carbons (Fsp3) is 0.308. The summed E-state index contributed by atoms with van der Waals surface area (Å²) in [6.45, 7) is 2.55. The highest BCUT2D eigenvalue weighted by Crippen LogP contribution is 2.43. The van der Waals surface area contributed by atoms with Crippen LogP contribution in [0.1, 0.15) is 29.5 Å². The van der Waals surface area contributed by atoms with Gasteiger partial charge in [-0.25, -0.2) is 9.37 Å². The van der Waals surface area contributed by atoms with Gasteiger partial charge in [0.1, 0.15) is 17.1 Å². The number of primary amides is 1. The van der Waals surface area contributed by atoms with Gasteiger partial charge in [-0.3, -0.25) is 9.59 Å². The van der Waals surface area contributed by atoms with E-state index in [-0.39, 0.29) is 17.5 Å². The van der Waals surface area contributed by atoms with Gasteiger partial charge in [0.2, 0.25) is 11.7 Å². The Kier molecular flexibility index (Phi) is 5.30. The minimum absolute atomic E-state index is 0.201. The number of nitrogens with zero attached hydrogens (tertiary/aromatic N) is 7. The number of carbonyl (C=O) groups excluding carboxylic acids is 2. The number of hydrogen-bond acceptors (Lipinski definition) is 7. The summed E-state index contributed by atoms with van der Waals surface area (Å²) >= 11 is 0. The van der Waals surface area contributed by atoms with Crippen LogP contribution >= 0.6 is 0 Å². The maximum Gasteiger partial charge on any atom is 0.290 e. The molecule has 4 heterocycles. The molecular weight excluding hydrogens is 491 g/mol. The van der Waals surface area contributed by atoms with Gasteiger partial charge >= 0.3 is 0 Å². The molecule has 2 aromatic carbocycles. The molecule has 0 spiro atoms. The van der Waals surface area contributed by atoms with Crippen LogP contribution in [0.5, 0.6) is 5.75 Å². The van der Waals surface area contributed by atoms with Crippen LogP contribution in [0.25, 0.3) is 33.9 Å². The third kappa shape index (κ3) is 3.47. The number of aryl methyl sites for hydroxylation is 2. The molecule has 2 aliphatic rings. The maximum absolute atomic E-state index is 13.8. The molecule has 1 saturated heterocycles. The van der Waals surface area contributed by atoms with Crippen molar-refractivity contribution >= 4 is 11.8 Å². The number of fused-ring (bicyclic) bond motifs is 3. The van der Waals surface area contributed by atoms with E-state index in [1.807, 2.05) is 16.7 Å². The Morgan fingerprint density at radius 1 is 1.13 bits per heavy atom. The van der Waals surface area contributed by atoms with Gasteiger partial charge in [-0.2, -0.15) is 4.80 Å². The molecular formula is C26H25FN8O3. The summed E-state index contributed by atoms with van der Waals surface area (Å²) in [6, 6.07) is 9.83. The molecule has 1 fully saturated rings. The van der Waals surface area contributed by atoms with Crippen molar-refractivity contribution in [1.82, 2.24) is 34.7 Å². The highest BCUT2D eigenvalue weighted by Gasteiger charge is 2.49. The number of tetrazole rings is 1. The number of methoxy groups -OCH3 is 1. The van der Waals surface area contributed by atoms with Crippen LogP contribution < -0.4 is 10.5 Å². The Bertz CT molecular complexity index is 1610. The third-order valence-corrected chi connectivity index (χ3v) is 7.50. The summed E-state index contributed by atoms with van der Waals surface area (Å²) in [5.74, 6) is -0.118. The molecule has 194 valence electrons. The Hall–Kier alpha value is -4.61. The predicted molar refractivity (Wildman–Crippen MR) is 134 cm³/mol. The molecule has 0 saturated carbocycles. The van der Waals surface area contributed by atoms with Crippen LogP contribution in [0.3, 0.4) is 0 Å². The highest BCUT2D eigenvalue weighted by atomic mass is 19.1. The van der Waals surface area contributed by atoms with Crippen molar-refractivity contribution in [1.29, 1.82) is 0 Å². The van der Waals surface area contributed by atoms with E-state index in [9.17, 15) is 14.0 Å². The number of carbonyl (C=O) groups is 2. The molecule has 2 aliphatic heterocycles. The smallest absolute Gasteiger partial charge is 0.290 e. The quantitative estimate of drug-likeness (QED) is 0.430. The average molecular weight is 517 g/mol. The van der Waals surface area contributed by atoms with Crippen LogP contribution in [0.2, 0.25) is 0 Å². The van der Waals surface area contributed by atoms with Crippen molar-refractivity contribution in [2.75, 3.05) is 13.7 Å². The largest absolute Gasteiger partial charge is 0.496 e. The standard InChI is InChI=1S/C26H25FN8O3/c1-26(25(28)37)9-11-35(26)24(36)23-29-20(14-4-6-16(27)7-5-14)21-17-13-18(22-30-32-33(2)31-22)19(38-3)12-15(17)8-10-34(21)23/h4-7,12-13H,8-11H2,1-3H3,(H2,28,37)/t26-/m1/s1. The van der Waals surface area contributed by atoms with Gasteiger partial charge in [-0.05, 0) is 66.9 Å². The number of imidazole rings is 1. The summed E-state index contributed by atoms with van der Waals surface area (Å²) in [7, 11) is 3.26. The minimum Gasteiger partial charge on any atom is -0.496 e. The number of nitrogens with two attached hydrogens (primary N) is 1. The van der Waals surface area contributed by atoms with Crippen LogP contribution in [0.4, 0.5) is 4.39 Å². The normalized spacial score (nSPS) is 17.9. The van der Waals surface area contributed by atoms with Gasteiger partial charge in [0, 0.05) is 24.2 Å². The lowest BCUT2D eigenvalue weighted by molar-refractivity contribution is -0.134. The number of likely N-dealkylation sites (tertiary alicyclic amines) is 1. The molecule has 1 atom stereocenters. The van der Waals surface area contributed by atoms with E-state index in [4.69, 9.17) is 15.5 Å². The summed E-state index contributed by atoms with van der Waals surface area (Å²) in [5.41, 5.74) is 8.90. The lowest BCUT2D eigenvalue weighted by Gasteiger charge is -2.47. The Morgan fingerprint density at radius 3 is 2.50 bits per heavy atom. The molecule has 6 rings (SSSR count). The summed E-state index contributed by atoms with van der Waals surface area (Å²) < 4.78 is 21.3. The minimum atomic E-state index is -1.07. The van der Waals surface area contributed by atoms with Crippen molar-refractivity contribution in [2.45, 2.75) is 31.8 Å². The zero-order valence-corrected chi connectivity index (χ0v) is 21.1. The number of ether oxygens (including phenoxy) is 1. The monoisotopic (exact) mass is 516 g/mol. The Balaban J connectivity index is 1.57. The van der Waals surface area contributed by atoms with Gasteiger partial charge in [-0.1, -0.05) is 0 Å². The van der Waals surface area contributed by atoms with Gasteiger partial charge in [-0.15, -0.1) is 10.2 Å². The molecule has 11 nitrogen and oxygen atoms in total. The van der Waals surface area contributed by atoms with Crippen molar-refractivity contribution in [3.05, 3.63) is 53.6 Å². The Labute approximate surface area is 217 Å². The molecule has 12 heteroatoms. The zero-order chi connectivity index (χ0) is 26.8. The second-order valence-electron chi connectivity index (χ2n) is 9.70. The number of hydrogen-bond donors (Lipinski definition) is 1.